The van der Waals surface area contributed by atoms with Crippen LogP contribution in [0.15, 0.2) is 0 Å². The van der Waals surface area contributed by atoms with E-state index < -0.39 is 64.9 Å². The van der Waals surface area contributed by atoms with Crippen molar-refractivity contribution in [2.75, 3.05) is 120 Å². The molecule has 0 amide bonds. The number of phosphoric acid groups is 2. The molecule has 0 aliphatic rings. The number of thioether (sulfide) groups is 4. The van der Waals surface area contributed by atoms with Crippen LogP contribution in [-0.2, 0) is 65.4 Å². The molecule has 3 N–H and O–H groups in total. The summed E-state index contributed by atoms with van der Waals surface area (Å²) in [6.45, 7) is 8.10. The lowest BCUT2D eigenvalue weighted by molar-refractivity contribution is -0.870. The fraction of sp³-hybridized carbons (Fsp3) is 0.948. The standard InChI is InChI=1S/C40H80NO8PS2.C37H74NO8PS2/c1-6-8-10-12-14-16-18-20-22-24-26-28-32-51-36-39(42)46-34-38(35-48-50(44,45)47-31-30-41(3,4)5)49-40(43)37-52-33-29-27-25-23-21-19-17-15-13-11-9-7-2;1-3-5-7-9-11-13-15-17-19-21-23-25-29-48-33-36(39)43-31-35(32-45-47(41,42)44-28-27-38)46-37(40)34-49-30-26-24-22-20-18-16-14-12-10-8-6-4-2/h38H,6-37H2,1-5H3;35H,3-34,38H2,1-2H3,(H,41,42)/t38-;35-/m11/s1. The third kappa shape index (κ3) is 83.3. The summed E-state index contributed by atoms with van der Waals surface area (Å²) in [6, 6.07) is 0. The molecule has 0 saturated carbocycles. The molecule has 0 aliphatic heterocycles. The minimum atomic E-state index is -4.62. The number of hydrogen-bond acceptors (Lipinski definition) is 20. The van der Waals surface area contributed by atoms with Gasteiger partial charge in [0.15, 0.2) is 12.2 Å². The zero-order chi connectivity index (χ0) is 74.7. The second-order valence-corrected chi connectivity index (χ2v) is 35.6. The lowest BCUT2D eigenvalue weighted by Crippen LogP contribution is -2.52. The molecule has 0 bridgehead atoms. The van der Waals surface area contributed by atoms with Gasteiger partial charge in [-0.2, -0.15) is 47.0 Å². The van der Waals surface area contributed by atoms with E-state index in [-0.39, 0.29) is 56.0 Å². The van der Waals surface area contributed by atoms with Crippen LogP contribution in [-0.4, -0.2) is 160 Å². The number of rotatable bonds is 79. The minimum absolute atomic E-state index is 0.0318. The van der Waals surface area contributed by atoms with E-state index in [2.05, 4.69) is 33.4 Å². The topological polar surface area (TPSA) is 250 Å². The highest BCUT2D eigenvalue weighted by atomic mass is 32.2. The molecule has 0 saturated heterocycles. The molecular weight excluding hydrogens is 1400 g/mol. The lowest BCUT2D eigenvalue weighted by Gasteiger charge is -2.28. The van der Waals surface area contributed by atoms with Crippen LogP contribution >= 0.6 is 62.7 Å². The number of unbranched alkanes of at least 4 members (excludes halogenated alkanes) is 44. The highest BCUT2D eigenvalue weighted by Crippen LogP contribution is 2.39. The molecule has 0 radical (unpaired) electrons. The van der Waals surface area contributed by atoms with Crippen LogP contribution in [0.4, 0.5) is 0 Å². The zero-order valence-electron chi connectivity index (χ0n) is 65.6. The van der Waals surface area contributed by atoms with Crippen LogP contribution in [0.5, 0.6) is 0 Å². The summed E-state index contributed by atoms with van der Waals surface area (Å²) < 4.78 is 66.2. The highest BCUT2D eigenvalue weighted by Gasteiger charge is 2.24. The Balaban J connectivity index is 0. The van der Waals surface area contributed by atoms with Gasteiger partial charge in [-0.25, -0.2) is 0 Å². The fourth-order valence-corrected chi connectivity index (χ4v) is 15.6. The van der Waals surface area contributed by atoms with Gasteiger partial charge in [0.25, 0.3) is 15.6 Å². The van der Waals surface area contributed by atoms with Crippen molar-refractivity contribution in [2.45, 2.75) is 348 Å². The van der Waals surface area contributed by atoms with Gasteiger partial charge < -0.3 is 57.0 Å². The first-order valence-electron chi connectivity index (χ1n) is 40.6. The van der Waals surface area contributed by atoms with Gasteiger partial charge in [0.1, 0.15) is 33.0 Å². The molecule has 0 aliphatic carbocycles. The van der Waals surface area contributed by atoms with E-state index in [0.717, 1.165) is 74.4 Å². The number of carbonyl (C=O) groups excluding carboxylic acids is 4. The molecular formula is C77H154N2O16P2S4. The Kier molecular flexibility index (Phi) is 78.7. The van der Waals surface area contributed by atoms with Gasteiger partial charge in [-0.05, 0) is 48.7 Å². The molecule has 602 valence electrons. The van der Waals surface area contributed by atoms with Crippen molar-refractivity contribution in [3.63, 3.8) is 0 Å². The monoisotopic (exact) mass is 1550 g/mol. The van der Waals surface area contributed by atoms with E-state index >= 15 is 0 Å². The van der Waals surface area contributed by atoms with Crippen LogP contribution in [0.1, 0.15) is 336 Å². The first-order valence-corrected chi connectivity index (χ1v) is 48.2. The largest absolute Gasteiger partial charge is 0.756 e. The number of hydrogen-bond donors (Lipinski definition) is 1. The normalized spacial score (nSPS) is 13.4. The predicted octanol–water partition coefficient (Wildman–Crippen LogP) is 19.6. The summed E-state index contributed by atoms with van der Waals surface area (Å²) in [6.07, 6.45) is 59.8. The van der Waals surface area contributed by atoms with Crippen molar-refractivity contribution >= 4 is 86.6 Å². The highest BCUT2D eigenvalue weighted by molar-refractivity contribution is 8.00. The van der Waals surface area contributed by atoms with Gasteiger partial charge >= 0.3 is 23.9 Å². The Morgan fingerprint density at radius 1 is 0.327 bits per heavy atom. The molecule has 0 heterocycles. The number of quaternary nitrogens is 2. The average Bonchev–Trinajstić information content (AvgIpc) is 0.944. The molecule has 0 aromatic heterocycles. The number of ether oxygens (including phenoxy) is 4. The quantitative estimate of drug-likeness (QED) is 0.0195. The third-order valence-corrected chi connectivity index (χ3v) is 23.1. The number of nitrogens with zero attached hydrogens (tertiary/aromatic N) is 1. The van der Waals surface area contributed by atoms with Gasteiger partial charge in [0.05, 0.1) is 63.9 Å². The second kappa shape index (κ2) is 77.6. The molecule has 18 nitrogen and oxygen atoms in total. The van der Waals surface area contributed by atoms with Gasteiger partial charge in [-0.1, -0.05) is 310 Å². The maximum absolute atomic E-state index is 12.6. The summed E-state index contributed by atoms with van der Waals surface area (Å²) in [5, 5.41) is 0. The molecule has 0 aromatic rings. The Morgan fingerprint density at radius 3 is 0.772 bits per heavy atom. The first kappa shape index (κ1) is 102. The molecule has 2 unspecified atom stereocenters. The maximum Gasteiger partial charge on any atom is 0.316 e. The van der Waals surface area contributed by atoms with Crippen molar-refractivity contribution in [1.29, 1.82) is 0 Å². The predicted molar refractivity (Wildman–Crippen MR) is 425 cm³/mol. The Labute approximate surface area is 636 Å². The van der Waals surface area contributed by atoms with Gasteiger partial charge in [0.2, 0.25) is 0 Å². The van der Waals surface area contributed by atoms with Crippen LogP contribution in [0, 0.1) is 0 Å². The van der Waals surface area contributed by atoms with E-state index in [1.807, 2.05) is 21.1 Å². The summed E-state index contributed by atoms with van der Waals surface area (Å²) in [7, 11) is -3.42. The first-order chi connectivity index (χ1) is 48.8. The van der Waals surface area contributed by atoms with E-state index in [1.165, 1.54) is 304 Å². The second-order valence-electron chi connectivity index (χ2n) is 28.4. The van der Waals surface area contributed by atoms with Gasteiger partial charge in [-0.3, -0.25) is 28.3 Å². The molecule has 0 fully saturated rings. The van der Waals surface area contributed by atoms with Crippen molar-refractivity contribution < 1.29 is 85.4 Å². The molecule has 0 aromatic carbocycles. The van der Waals surface area contributed by atoms with E-state index in [1.54, 1.807) is 0 Å². The van der Waals surface area contributed by atoms with E-state index in [4.69, 9.17) is 37.0 Å². The molecule has 0 rings (SSSR count). The Hall–Kier alpha value is -0.580. The van der Waals surface area contributed by atoms with Crippen LogP contribution in [0.3, 0.4) is 0 Å². The molecule has 0 spiro atoms. The Morgan fingerprint density at radius 2 is 0.545 bits per heavy atom. The van der Waals surface area contributed by atoms with Crippen molar-refractivity contribution in [3.8, 4) is 0 Å². The third-order valence-electron chi connectivity index (χ3n) is 17.1. The smallest absolute Gasteiger partial charge is 0.316 e. The number of phosphoric ester groups is 2. The Bertz CT molecular complexity index is 1940. The summed E-state index contributed by atoms with van der Waals surface area (Å²) in [5.74, 6) is 2.34. The summed E-state index contributed by atoms with van der Waals surface area (Å²) >= 11 is 6.05. The number of esters is 4. The van der Waals surface area contributed by atoms with Gasteiger partial charge in [-0.15, -0.1) is 0 Å². The minimum Gasteiger partial charge on any atom is -0.756 e. The van der Waals surface area contributed by atoms with Crippen molar-refractivity contribution in [1.82, 2.24) is 0 Å². The SMILES string of the molecule is CCCCCCCCCCCCCCSCC(=O)OC[C@H](COP(=O)([O-])OCC[N+](C)(C)C)OC(=O)CSCCCCCCCCCCCCCC.CCCCCCCCCCCCCCSCC(=O)OC[C@H](COP(=O)([O-])OCC[NH3+])OC(=O)CSCCCCCCCCCCCCCC. The van der Waals surface area contributed by atoms with Crippen LogP contribution in [0.2, 0.25) is 0 Å². The fourth-order valence-electron chi connectivity index (χ4n) is 11.0. The summed E-state index contributed by atoms with van der Waals surface area (Å²) in [4.78, 5) is 74.2. The summed E-state index contributed by atoms with van der Waals surface area (Å²) in [5.41, 5.74) is 3.55. The zero-order valence-corrected chi connectivity index (χ0v) is 70.7. The molecule has 4 atom stereocenters. The lowest BCUT2D eigenvalue weighted by atomic mass is 10.1. The molecule has 101 heavy (non-hydrogen) atoms. The van der Waals surface area contributed by atoms with E-state index in [0.29, 0.717) is 11.0 Å². The number of carbonyl (C=O) groups is 4. The van der Waals surface area contributed by atoms with Crippen LogP contribution < -0.4 is 15.5 Å². The van der Waals surface area contributed by atoms with Gasteiger partial charge in [0, 0.05) is 0 Å². The number of likely N-dealkylation sites (N-methyl/N-ethyl adjacent to an activating group) is 1. The van der Waals surface area contributed by atoms with Crippen molar-refractivity contribution in [3.05, 3.63) is 0 Å². The molecule has 24 heteroatoms. The van der Waals surface area contributed by atoms with Crippen LogP contribution in [0.25, 0.3) is 0 Å². The average molecular weight is 1550 g/mol. The van der Waals surface area contributed by atoms with E-state index in [9.17, 15) is 38.1 Å². The van der Waals surface area contributed by atoms with Crippen molar-refractivity contribution in [2.24, 2.45) is 0 Å². The maximum atomic E-state index is 12.6.